The zero-order chi connectivity index (χ0) is 25.1. The van der Waals surface area contributed by atoms with Gasteiger partial charge in [-0.2, -0.15) is 0 Å². The maximum atomic E-state index is 13.1. The first-order valence-electron chi connectivity index (χ1n) is 12.8. The maximum Gasteiger partial charge on any atom is 0.252 e. The van der Waals surface area contributed by atoms with Crippen LogP contribution in [-0.2, 0) is 24.4 Å². The molecule has 188 valence electrons. The summed E-state index contributed by atoms with van der Waals surface area (Å²) in [5.74, 6) is 1.02. The van der Waals surface area contributed by atoms with Crippen LogP contribution in [0, 0.1) is 12.8 Å². The third-order valence-corrected chi connectivity index (χ3v) is 6.93. The van der Waals surface area contributed by atoms with Gasteiger partial charge in [-0.1, -0.05) is 55.8 Å². The number of nitrogens with zero attached hydrogens (tertiary/aromatic N) is 5. The molecule has 2 aromatic heterocycles. The molecule has 0 unspecified atom stereocenters. The normalized spacial score (nSPS) is 16.9. The van der Waals surface area contributed by atoms with Gasteiger partial charge >= 0.3 is 0 Å². The van der Waals surface area contributed by atoms with Crippen LogP contribution in [0.25, 0.3) is 10.9 Å². The molecule has 1 aliphatic rings. The van der Waals surface area contributed by atoms with E-state index < -0.39 is 0 Å². The highest BCUT2D eigenvalue weighted by molar-refractivity contribution is 5.79. The number of pyridine rings is 1. The Kier molecular flexibility index (Phi) is 7.25. The number of rotatable bonds is 9. The van der Waals surface area contributed by atoms with Crippen molar-refractivity contribution < 1.29 is 4.74 Å². The van der Waals surface area contributed by atoms with Crippen LogP contribution in [0.1, 0.15) is 55.2 Å². The fraction of sp³-hybridized carbons (Fsp3) is 0.429. The quantitative estimate of drug-likeness (QED) is 0.377. The zero-order valence-electron chi connectivity index (χ0n) is 21.2. The van der Waals surface area contributed by atoms with E-state index in [2.05, 4.69) is 64.4 Å². The van der Waals surface area contributed by atoms with Crippen LogP contribution in [0.5, 0.6) is 0 Å². The lowest BCUT2D eigenvalue weighted by Crippen LogP contribution is -2.36. The number of aromatic amines is 1. The van der Waals surface area contributed by atoms with Crippen LogP contribution in [0.15, 0.2) is 59.4 Å². The molecule has 1 saturated heterocycles. The summed E-state index contributed by atoms with van der Waals surface area (Å²) in [5, 5.41) is 13.9. The van der Waals surface area contributed by atoms with E-state index in [-0.39, 0.29) is 23.6 Å². The SMILES string of the molecule is Cc1ccc2[nH]c(=O)c(CN(Cc3ccccc3)[C@@H](c3nnnn3C[C@H]3CCCO3)C(C)C)cc2c1. The number of aromatic nitrogens is 5. The summed E-state index contributed by atoms with van der Waals surface area (Å²) in [7, 11) is 0. The summed E-state index contributed by atoms with van der Waals surface area (Å²) in [6.07, 6.45) is 2.22. The van der Waals surface area contributed by atoms with Gasteiger partial charge in [0.25, 0.3) is 5.56 Å². The van der Waals surface area contributed by atoms with E-state index in [1.807, 2.05) is 41.1 Å². The number of H-pyrrole nitrogens is 1. The highest BCUT2D eigenvalue weighted by atomic mass is 16.5. The van der Waals surface area contributed by atoms with E-state index in [1.54, 1.807) is 0 Å². The van der Waals surface area contributed by atoms with E-state index in [1.165, 1.54) is 5.56 Å². The summed E-state index contributed by atoms with van der Waals surface area (Å²) in [5.41, 5.74) is 3.85. The summed E-state index contributed by atoms with van der Waals surface area (Å²) in [4.78, 5) is 18.5. The number of tetrazole rings is 1. The monoisotopic (exact) mass is 486 g/mol. The zero-order valence-corrected chi connectivity index (χ0v) is 21.2. The summed E-state index contributed by atoms with van der Waals surface area (Å²) < 4.78 is 7.76. The first-order chi connectivity index (χ1) is 17.5. The Hall–Kier alpha value is -3.36. The molecular weight excluding hydrogens is 452 g/mol. The highest BCUT2D eigenvalue weighted by Gasteiger charge is 2.31. The van der Waals surface area contributed by atoms with E-state index >= 15 is 0 Å². The van der Waals surface area contributed by atoms with Gasteiger partial charge in [-0.25, -0.2) is 4.68 Å². The fourth-order valence-corrected chi connectivity index (χ4v) is 5.20. The van der Waals surface area contributed by atoms with Crippen LogP contribution in [-0.4, -0.2) is 42.8 Å². The number of hydrogen-bond acceptors (Lipinski definition) is 6. The lowest BCUT2D eigenvalue weighted by molar-refractivity contribution is 0.0851. The largest absolute Gasteiger partial charge is 0.376 e. The van der Waals surface area contributed by atoms with Crippen LogP contribution >= 0.6 is 0 Å². The van der Waals surface area contributed by atoms with Crippen LogP contribution in [0.3, 0.4) is 0 Å². The standard InChI is InChI=1S/C28H34N6O2/c1-19(2)26(27-30-31-32-34(27)18-24-10-7-13-36-24)33(16-21-8-5-4-6-9-21)17-23-15-22-14-20(3)11-12-25(22)29-28(23)35/h4-6,8-9,11-12,14-15,19,24,26H,7,10,13,16-18H2,1-3H3,(H,29,35)/t24-,26-/m1/s1. The van der Waals surface area contributed by atoms with Gasteiger partial charge in [0.1, 0.15) is 0 Å². The molecule has 1 fully saturated rings. The summed E-state index contributed by atoms with van der Waals surface area (Å²) >= 11 is 0. The molecule has 2 aromatic carbocycles. The van der Waals surface area contributed by atoms with Crippen LogP contribution in [0.4, 0.5) is 0 Å². The minimum absolute atomic E-state index is 0.0640. The first-order valence-corrected chi connectivity index (χ1v) is 12.8. The Morgan fingerprint density at radius 2 is 1.97 bits per heavy atom. The fourth-order valence-electron chi connectivity index (χ4n) is 5.20. The summed E-state index contributed by atoms with van der Waals surface area (Å²) in [6, 6.07) is 18.4. The lowest BCUT2D eigenvalue weighted by atomic mass is 9.99. The average Bonchev–Trinajstić information content (AvgIpc) is 3.53. The van der Waals surface area contributed by atoms with Gasteiger partial charge in [0.15, 0.2) is 5.82 Å². The molecule has 0 bridgehead atoms. The van der Waals surface area contributed by atoms with Crippen LogP contribution in [0.2, 0.25) is 0 Å². The van der Waals surface area contributed by atoms with Crippen molar-refractivity contribution in [1.29, 1.82) is 0 Å². The number of aryl methyl sites for hydroxylation is 1. The molecular formula is C28H34N6O2. The molecule has 0 spiro atoms. The minimum Gasteiger partial charge on any atom is -0.376 e. The maximum absolute atomic E-state index is 13.1. The second kappa shape index (κ2) is 10.7. The van der Waals surface area contributed by atoms with Gasteiger partial charge in [-0.3, -0.25) is 9.69 Å². The predicted molar refractivity (Wildman–Crippen MR) is 139 cm³/mol. The van der Waals surface area contributed by atoms with E-state index in [9.17, 15) is 4.79 Å². The van der Waals surface area contributed by atoms with Crippen molar-refractivity contribution in [2.75, 3.05) is 6.61 Å². The van der Waals surface area contributed by atoms with Crippen molar-refractivity contribution in [1.82, 2.24) is 30.1 Å². The van der Waals surface area contributed by atoms with Gasteiger partial charge in [0, 0.05) is 30.8 Å². The number of fused-ring (bicyclic) bond motifs is 1. The molecule has 0 aliphatic carbocycles. The second-order valence-electron chi connectivity index (χ2n) is 10.1. The molecule has 2 atom stereocenters. The van der Waals surface area contributed by atoms with Gasteiger partial charge < -0.3 is 9.72 Å². The topological polar surface area (TPSA) is 88.9 Å². The minimum atomic E-state index is -0.0887. The molecule has 4 aromatic rings. The molecule has 0 amide bonds. The van der Waals surface area contributed by atoms with Crippen LogP contribution < -0.4 is 5.56 Å². The third-order valence-electron chi connectivity index (χ3n) is 6.93. The summed E-state index contributed by atoms with van der Waals surface area (Å²) in [6.45, 7) is 9.00. The van der Waals surface area contributed by atoms with Crippen molar-refractivity contribution in [3.63, 3.8) is 0 Å². The van der Waals surface area contributed by atoms with Crippen molar-refractivity contribution in [2.45, 2.75) is 65.4 Å². The number of hydrogen-bond donors (Lipinski definition) is 1. The lowest BCUT2D eigenvalue weighted by Gasteiger charge is -2.33. The van der Waals surface area contributed by atoms with Crippen molar-refractivity contribution in [2.24, 2.45) is 5.92 Å². The predicted octanol–water partition coefficient (Wildman–Crippen LogP) is 4.40. The Morgan fingerprint density at radius 1 is 1.14 bits per heavy atom. The number of nitrogens with one attached hydrogen (secondary N) is 1. The average molecular weight is 487 g/mol. The Labute approximate surface area is 211 Å². The van der Waals surface area contributed by atoms with Crippen molar-refractivity contribution in [3.8, 4) is 0 Å². The first kappa shape index (κ1) is 24.3. The smallest absolute Gasteiger partial charge is 0.252 e. The third kappa shape index (κ3) is 5.39. The Morgan fingerprint density at radius 3 is 2.72 bits per heavy atom. The number of benzene rings is 2. The molecule has 5 rings (SSSR count). The molecule has 3 heterocycles. The van der Waals surface area contributed by atoms with E-state index in [4.69, 9.17) is 4.74 Å². The van der Waals surface area contributed by atoms with E-state index in [0.717, 1.165) is 47.3 Å². The second-order valence-corrected chi connectivity index (χ2v) is 10.1. The van der Waals surface area contributed by atoms with Gasteiger partial charge in [0.2, 0.25) is 0 Å². The van der Waals surface area contributed by atoms with Crippen molar-refractivity contribution >= 4 is 10.9 Å². The molecule has 36 heavy (non-hydrogen) atoms. The van der Waals surface area contributed by atoms with Gasteiger partial charge in [-0.05, 0) is 65.3 Å². The van der Waals surface area contributed by atoms with E-state index in [0.29, 0.717) is 19.6 Å². The van der Waals surface area contributed by atoms with Gasteiger partial charge in [-0.15, -0.1) is 5.10 Å². The van der Waals surface area contributed by atoms with Crippen molar-refractivity contribution in [3.05, 3.63) is 87.5 Å². The molecule has 8 heteroatoms. The highest BCUT2D eigenvalue weighted by Crippen LogP contribution is 2.31. The number of ether oxygens (including phenoxy) is 1. The molecule has 8 nitrogen and oxygen atoms in total. The molecule has 0 radical (unpaired) electrons. The Balaban J connectivity index is 1.53. The van der Waals surface area contributed by atoms with Gasteiger partial charge in [0.05, 0.1) is 18.7 Å². The Bertz CT molecular complexity index is 1360. The molecule has 1 aliphatic heterocycles. The molecule has 0 saturated carbocycles. The molecule has 1 N–H and O–H groups in total.